The number of unbranched alkanes of at least 4 members (excludes halogenated alkanes) is 1. The Balaban J connectivity index is 2.02. The number of Topliss-reactive ketones (excluding diaryl/α,β-unsaturated/α-hetero) is 1. The van der Waals surface area contributed by atoms with Gasteiger partial charge in [0, 0.05) is 60.1 Å². The molecule has 1 atom stereocenters. The monoisotopic (exact) mass is 492 g/mol. The number of ether oxygens (including phenoxy) is 1. The zero-order valence-electron chi connectivity index (χ0n) is 19.5. The van der Waals surface area contributed by atoms with Gasteiger partial charge in [-0.05, 0) is 37.6 Å². The van der Waals surface area contributed by atoms with Gasteiger partial charge < -0.3 is 9.64 Å². The lowest BCUT2D eigenvalue weighted by Crippen LogP contribution is -2.34. The van der Waals surface area contributed by atoms with Crippen molar-refractivity contribution in [3.63, 3.8) is 0 Å². The van der Waals surface area contributed by atoms with Crippen molar-refractivity contribution in [2.24, 2.45) is 5.92 Å². The number of esters is 1. The van der Waals surface area contributed by atoms with Crippen LogP contribution >= 0.6 is 11.8 Å². The summed E-state index contributed by atoms with van der Waals surface area (Å²) < 4.78 is 32.2. The van der Waals surface area contributed by atoms with E-state index in [1.165, 1.54) is 18.0 Å². The number of halogens is 2. The van der Waals surface area contributed by atoms with Crippen LogP contribution < -0.4 is 0 Å². The first kappa shape index (κ1) is 27.4. The molecular formula is C25H30F2N2O4S. The highest BCUT2D eigenvalue weighted by molar-refractivity contribution is 7.99. The van der Waals surface area contributed by atoms with Crippen LogP contribution in [0.4, 0.5) is 8.78 Å². The predicted octanol–water partition coefficient (Wildman–Crippen LogP) is 4.79. The van der Waals surface area contributed by atoms with Crippen molar-refractivity contribution in [1.29, 1.82) is 0 Å². The second-order valence-corrected chi connectivity index (χ2v) is 8.84. The van der Waals surface area contributed by atoms with E-state index in [0.717, 1.165) is 31.0 Å². The minimum absolute atomic E-state index is 0.0365. The summed E-state index contributed by atoms with van der Waals surface area (Å²) in [6, 6.07) is 6.10. The highest BCUT2D eigenvalue weighted by Gasteiger charge is 2.24. The van der Waals surface area contributed by atoms with E-state index in [9.17, 15) is 23.2 Å². The SMILES string of the molecule is CCCCN(CCSCC(CC(=O)OCC)C(=O)c1cccnc1)C(=O)c1cc(F)cc(F)c1. The first-order chi connectivity index (χ1) is 16.3. The van der Waals surface area contributed by atoms with Crippen molar-refractivity contribution in [2.45, 2.75) is 33.1 Å². The predicted molar refractivity (Wildman–Crippen MR) is 128 cm³/mol. The maximum Gasteiger partial charge on any atom is 0.306 e. The Labute approximate surface area is 203 Å². The number of ketones is 1. The van der Waals surface area contributed by atoms with Crippen LogP contribution in [0.15, 0.2) is 42.7 Å². The molecule has 0 bridgehead atoms. The molecule has 34 heavy (non-hydrogen) atoms. The Kier molecular flexibility index (Phi) is 11.7. The van der Waals surface area contributed by atoms with E-state index in [4.69, 9.17) is 4.74 Å². The molecule has 0 fully saturated rings. The van der Waals surface area contributed by atoms with Crippen molar-refractivity contribution in [3.05, 3.63) is 65.5 Å². The first-order valence-electron chi connectivity index (χ1n) is 11.3. The summed E-state index contributed by atoms with van der Waals surface area (Å²) in [4.78, 5) is 43.3. The van der Waals surface area contributed by atoms with Crippen LogP contribution in [0.1, 0.15) is 53.8 Å². The number of nitrogens with zero attached hydrogens (tertiary/aromatic N) is 2. The number of rotatable bonds is 14. The number of hydrogen-bond donors (Lipinski definition) is 0. The van der Waals surface area contributed by atoms with Crippen LogP contribution in [0, 0.1) is 17.6 Å². The van der Waals surface area contributed by atoms with Crippen LogP contribution in [-0.2, 0) is 9.53 Å². The molecular weight excluding hydrogens is 462 g/mol. The third-order valence-corrected chi connectivity index (χ3v) is 6.15. The smallest absolute Gasteiger partial charge is 0.306 e. The topological polar surface area (TPSA) is 76.6 Å². The lowest BCUT2D eigenvalue weighted by molar-refractivity contribution is -0.143. The van der Waals surface area contributed by atoms with Gasteiger partial charge >= 0.3 is 5.97 Å². The summed E-state index contributed by atoms with van der Waals surface area (Å²) in [5.74, 6) is -2.43. The van der Waals surface area contributed by atoms with Gasteiger partial charge in [-0.2, -0.15) is 11.8 Å². The molecule has 1 heterocycles. The maximum absolute atomic E-state index is 13.6. The van der Waals surface area contributed by atoms with E-state index >= 15 is 0 Å². The molecule has 0 aliphatic rings. The number of pyridine rings is 1. The number of amides is 1. The third-order valence-electron chi connectivity index (χ3n) is 5.04. The molecule has 2 rings (SSSR count). The summed E-state index contributed by atoms with van der Waals surface area (Å²) in [5, 5.41) is 0. The van der Waals surface area contributed by atoms with Gasteiger partial charge in [0.15, 0.2) is 5.78 Å². The average molecular weight is 493 g/mol. The Morgan fingerprint density at radius 2 is 1.82 bits per heavy atom. The lowest BCUT2D eigenvalue weighted by Gasteiger charge is -2.23. The van der Waals surface area contributed by atoms with Crippen LogP contribution in [0.3, 0.4) is 0 Å². The van der Waals surface area contributed by atoms with Crippen LogP contribution in [0.2, 0.25) is 0 Å². The van der Waals surface area contributed by atoms with E-state index in [1.807, 2.05) is 6.92 Å². The summed E-state index contributed by atoms with van der Waals surface area (Å²) in [7, 11) is 0. The molecule has 1 unspecified atom stereocenters. The lowest BCUT2D eigenvalue weighted by atomic mass is 9.97. The van der Waals surface area contributed by atoms with Crippen molar-refractivity contribution in [3.8, 4) is 0 Å². The van der Waals surface area contributed by atoms with Crippen molar-refractivity contribution in [1.82, 2.24) is 9.88 Å². The first-order valence-corrected chi connectivity index (χ1v) is 12.4. The fourth-order valence-electron chi connectivity index (χ4n) is 3.32. The standard InChI is InChI=1S/C25H30F2N2O4S/c1-3-5-9-29(25(32)19-12-21(26)15-22(27)13-19)10-11-34-17-20(14-23(30)33-4-2)24(31)18-7-6-8-28-16-18/h6-8,12-13,15-16,20H,3-5,9-11,14,17H2,1-2H3. The zero-order chi connectivity index (χ0) is 24.9. The summed E-state index contributed by atoms with van der Waals surface area (Å²) in [5.41, 5.74) is 0.385. The second kappa shape index (κ2) is 14.5. The average Bonchev–Trinajstić information content (AvgIpc) is 2.82. The molecule has 0 saturated heterocycles. The molecule has 6 nitrogen and oxygen atoms in total. The molecule has 0 radical (unpaired) electrons. The summed E-state index contributed by atoms with van der Waals surface area (Å²) in [6.45, 7) is 4.72. The second-order valence-electron chi connectivity index (χ2n) is 7.69. The molecule has 0 spiro atoms. The van der Waals surface area contributed by atoms with E-state index in [2.05, 4.69) is 4.98 Å². The third kappa shape index (κ3) is 8.85. The molecule has 184 valence electrons. The van der Waals surface area contributed by atoms with Crippen LogP contribution in [-0.4, -0.2) is 58.7 Å². The molecule has 2 aromatic rings. The van der Waals surface area contributed by atoms with Crippen LogP contribution in [0.5, 0.6) is 0 Å². The summed E-state index contributed by atoms with van der Waals surface area (Å²) in [6.07, 6.45) is 4.59. The Bertz CT molecular complexity index is 939. The van der Waals surface area contributed by atoms with E-state index in [1.54, 1.807) is 30.2 Å². The van der Waals surface area contributed by atoms with Crippen molar-refractivity contribution >= 4 is 29.4 Å². The van der Waals surface area contributed by atoms with Crippen molar-refractivity contribution in [2.75, 3.05) is 31.2 Å². The molecule has 1 aromatic heterocycles. The largest absolute Gasteiger partial charge is 0.466 e. The van der Waals surface area contributed by atoms with E-state index < -0.39 is 29.4 Å². The van der Waals surface area contributed by atoms with Gasteiger partial charge in [-0.3, -0.25) is 19.4 Å². The van der Waals surface area contributed by atoms with E-state index in [-0.39, 0.29) is 24.4 Å². The van der Waals surface area contributed by atoms with Gasteiger partial charge in [0.2, 0.25) is 0 Å². The van der Waals surface area contributed by atoms with Gasteiger partial charge in [-0.1, -0.05) is 13.3 Å². The zero-order valence-corrected chi connectivity index (χ0v) is 20.3. The van der Waals surface area contributed by atoms with Crippen LogP contribution in [0.25, 0.3) is 0 Å². The maximum atomic E-state index is 13.6. The Morgan fingerprint density at radius 1 is 1.09 bits per heavy atom. The van der Waals surface area contributed by atoms with Gasteiger partial charge in [0.1, 0.15) is 11.6 Å². The molecule has 1 aromatic carbocycles. The highest BCUT2D eigenvalue weighted by atomic mass is 32.2. The minimum Gasteiger partial charge on any atom is -0.466 e. The quantitative estimate of drug-likeness (QED) is 0.214. The van der Waals surface area contributed by atoms with Gasteiger partial charge in [-0.25, -0.2) is 8.78 Å². The number of carbonyl (C=O) groups is 3. The van der Waals surface area contributed by atoms with Gasteiger partial charge in [0.25, 0.3) is 5.91 Å². The molecule has 9 heteroatoms. The van der Waals surface area contributed by atoms with Gasteiger partial charge in [-0.15, -0.1) is 0 Å². The molecule has 0 aliphatic carbocycles. The molecule has 0 aliphatic heterocycles. The number of aromatic nitrogens is 1. The highest BCUT2D eigenvalue weighted by Crippen LogP contribution is 2.20. The molecule has 0 N–H and O–H groups in total. The van der Waals surface area contributed by atoms with Gasteiger partial charge in [0.05, 0.1) is 13.0 Å². The normalized spacial score (nSPS) is 11.6. The number of benzene rings is 1. The number of carbonyl (C=O) groups excluding carboxylic acids is 3. The van der Waals surface area contributed by atoms with Crippen molar-refractivity contribution < 1.29 is 27.9 Å². The minimum atomic E-state index is -0.802. The summed E-state index contributed by atoms with van der Waals surface area (Å²) >= 11 is 1.43. The Hall–Kier alpha value is -2.81. The molecule has 1 amide bonds. The number of hydrogen-bond acceptors (Lipinski definition) is 6. The molecule has 0 saturated carbocycles. The van der Waals surface area contributed by atoms with E-state index in [0.29, 0.717) is 30.2 Å². The fraction of sp³-hybridized carbons (Fsp3) is 0.440. The number of thioether (sulfide) groups is 1. The fourth-order valence-corrected chi connectivity index (χ4v) is 4.39. The Morgan fingerprint density at radius 3 is 2.44 bits per heavy atom.